The Balaban J connectivity index is 1.93. The standard InChI is InChI=1S/C19H14BrN3O5/c1-21-17(26)19(28,22(2)18(21)27)13-9-10(20)7-8-14(13)23-15(24)11-5-3-4-6-12(11)16(23)25/h3-9,28H,1-2H3. The van der Waals surface area contributed by atoms with E-state index in [4.69, 9.17) is 0 Å². The summed E-state index contributed by atoms with van der Waals surface area (Å²) in [5.41, 5.74) is -1.93. The van der Waals surface area contributed by atoms with Crippen molar-refractivity contribution in [3.63, 3.8) is 0 Å². The lowest BCUT2D eigenvalue weighted by Gasteiger charge is -2.31. The van der Waals surface area contributed by atoms with Crippen LogP contribution in [0, 0.1) is 0 Å². The third kappa shape index (κ3) is 2.20. The lowest BCUT2D eigenvalue weighted by molar-refractivity contribution is -0.152. The van der Waals surface area contributed by atoms with E-state index >= 15 is 0 Å². The monoisotopic (exact) mass is 443 g/mol. The predicted molar refractivity (Wildman–Crippen MR) is 102 cm³/mol. The van der Waals surface area contributed by atoms with E-state index in [0.29, 0.717) is 4.47 Å². The molecule has 1 fully saturated rings. The van der Waals surface area contributed by atoms with Gasteiger partial charge in [0, 0.05) is 24.1 Å². The van der Waals surface area contributed by atoms with Gasteiger partial charge in [-0.15, -0.1) is 0 Å². The smallest absolute Gasteiger partial charge is 0.329 e. The van der Waals surface area contributed by atoms with E-state index in [-0.39, 0.29) is 22.4 Å². The fourth-order valence-electron chi connectivity index (χ4n) is 3.51. The molecule has 1 atom stereocenters. The minimum atomic E-state index is -2.36. The van der Waals surface area contributed by atoms with Gasteiger partial charge in [-0.25, -0.2) is 9.69 Å². The summed E-state index contributed by atoms with van der Waals surface area (Å²) < 4.78 is 0.500. The summed E-state index contributed by atoms with van der Waals surface area (Å²) in [6.07, 6.45) is 0. The van der Waals surface area contributed by atoms with Crippen LogP contribution >= 0.6 is 15.9 Å². The van der Waals surface area contributed by atoms with E-state index in [0.717, 1.165) is 14.7 Å². The Labute approximate surface area is 168 Å². The highest BCUT2D eigenvalue weighted by molar-refractivity contribution is 9.10. The molecule has 4 rings (SSSR count). The number of rotatable bonds is 2. The number of nitrogens with zero attached hydrogens (tertiary/aromatic N) is 3. The van der Waals surface area contributed by atoms with E-state index < -0.39 is 29.5 Å². The number of aliphatic hydroxyl groups is 1. The van der Waals surface area contributed by atoms with Gasteiger partial charge in [0.2, 0.25) is 0 Å². The maximum atomic E-state index is 12.9. The van der Waals surface area contributed by atoms with E-state index in [9.17, 15) is 24.3 Å². The molecule has 2 heterocycles. The van der Waals surface area contributed by atoms with E-state index in [1.165, 1.54) is 38.4 Å². The molecule has 2 aromatic rings. The van der Waals surface area contributed by atoms with Crippen molar-refractivity contribution in [3.05, 3.63) is 63.6 Å². The number of anilines is 1. The molecule has 2 aromatic carbocycles. The Hall–Kier alpha value is -3.04. The highest BCUT2D eigenvalue weighted by Gasteiger charge is 2.57. The topological polar surface area (TPSA) is 98.2 Å². The predicted octanol–water partition coefficient (Wildman–Crippen LogP) is 1.92. The van der Waals surface area contributed by atoms with Crippen LogP contribution in [0.3, 0.4) is 0 Å². The van der Waals surface area contributed by atoms with Crippen LogP contribution in [-0.4, -0.2) is 52.8 Å². The van der Waals surface area contributed by atoms with Gasteiger partial charge in [0.05, 0.1) is 16.8 Å². The third-order valence-corrected chi connectivity index (χ3v) is 5.52. The fraction of sp³-hybridized carbons (Fsp3) is 0.158. The molecule has 0 aliphatic carbocycles. The van der Waals surface area contributed by atoms with Gasteiger partial charge < -0.3 is 5.11 Å². The first-order chi connectivity index (χ1) is 13.2. The molecule has 9 heteroatoms. The Morgan fingerprint density at radius 2 is 1.50 bits per heavy atom. The molecule has 0 spiro atoms. The van der Waals surface area contributed by atoms with Crippen LogP contribution in [0.15, 0.2) is 46.9 Å². The maximum Gasteiger partial charge on any atom is 0.329 e. The number of amides is 5. The molecule has 1 saturated heterocycles. The van der Waals surface area contributed by atoms with Gasteiger partial charge in [-0.1, -0.05) is 28.1 Å². The molecular weight excluding hydrogens is 430 g/mol. The number of likely N-dealkylation sites (N-methyl/N-ethyl adjacent to an activating group) is 2. The third-order valence-electron chi connectivity index (χ3n) is 5.03. The summed E-state index contributed by atoms with van der Waals surface area (Å²) >= 11 is 3.28. The van der Waals surface area contributed by atoms with Gasteiger partial charge in [0.15, 0.2) is 0 Å². The van der Waals surface area contributed by atoms with Gasteiger partial charge >= 0.3 is 6.03 Å². The van der Waals surface area contributed by atoms with Crippen molar-refractivity contribution in [3.8, 4) is 0 Å². The van der Waals surface area contributed by atoms with Crippen molar-refractivity contribution in [2.45, 2.75) is 5.72 Å². The SMILES string of the molecule is CN1C(=O)N(C)C(O)(c2cc(Br)ccc2N2C(=O)c3ccccc3C2=O)C1=O. The first-order valence-corrected chi connectivity index (χ1v) is 9.05. The van der Waals surface area contributed by atoms with Gasteiger partial charge in [0.1, 0.15) is 0 Å². The number of carbonyl (C=O) groups excluding carboxylic acids is 4. The zero-order valence-corrected chi connectivity index (χ0v) is 16.4. The molecule has 1 N–H and O–H groups in total. The van der Waals surface area contributed by atoms with Crippen LogP contribution in [0.25, 0.3) is 0 Å². The Morgan fingerprint density at radius 3 is 2.00 bits per heavy atom. The molecule has 1 unspecified atom stereocenters. The molecule has 0 bridgehead atoms. The number of fused-ring (bicyclic) bond motifs is 1. The summed E-state index contributed by atoms with van der Waals surface area (Å²) in [4.78, 5) is 53.3. The van der Waals surface area contributed by atoms with Gasteiger partial charge in [-0.3, -0.25) is 24.2 Å². The second kappa shape index (κ2) is 5.98. The van der Waals surface area contributed by atoms with Crippen LogP contribution in [0.2, 0.25) is 0 Å². The molecule has 28 heavy (non-hydrogen) atoms. The number of hydrogen-bond acceptors (Lipinski definition) is 5. The van der Waals surface area contributed by atoms with Crippen LogP contribution in [0.1, 0.15) is 26.3 Å². The highest BCUT2D eigenvalue weighted by Crippen LogP contribution is 2.42. The van der Waals surface area contributed by atoms with Crippen molar-refractivity contribution in [1.29, 1.82) is 0 Å². The summed E-state index contributed by atoms with van der Waals surface area (Å²) in [6, 6.07) is 10.1. The van der Waals surface area contributed by atoms with Gasteiger partial charge in [-0.05, 0) is 30.3 Å². The normalized spacial score (nSPS) is 21.8. The van der Waals surface area contributed by atoms with Crippen LogP contribution in [0.5, 0.6) is 0 Å². The first kappa shape index (κ1) is 18.3. The van der Waals surface area contributed by atoms with Crippen molar-refractivity contribution in [1.82, 2.24) is 9.80 Å². The molecule has 8 nitrogen and oxygen atoms in total. The highest BCUT2D eigenvalue weighted by atomic mass is 79.9. The fourth-order valence-corrected chi connectivity index (χ4v) is 3.88. The summed E-state index contributed by atoms with van der Waals surface area (Å²) in [5.74, 6) is -2.02. The Morgan fingerprint density at radius 1 is 0.929 bits per heavy atom. The molecule has 0 aromatic heterocycles. The zero-order chi connectivity index (χ0) is 20.4. The lowest BCUT2D eigenvalue weighted by Crippen LogP contribution is -2.46. The molecule has 2 aliphatic rings. The first-order valence-electron chi connectivity index (χ1n) is 8.25. The van der Waals surface area contributed by atoms with E-state index in [1.54, 1.807) is 18.2 Å². The van der Waals surface area contributed by atoms with Crippen molar-refractivity contribution in [2.75, 3.05) is 19.0 Å². The number of benzene rings is 2. The zero-order valence-electron chi connectivity index (χ0n) is 14.8. The summed E-state index contributed by atoms with van der Waals surface area (Å²) in [5, 5.41) is 11.2. The lowest BCUT2D eigenvalue weighted by atomic mass is 9.98. The van der Waals surface area contributed by atoms with Crippen molar-refractivity contribution < 1.29 is 24.3 Å². The van der Waals surface area contributed by atoms with Crippen LogP contribution in [-0.2, 0) is 10.5 Å². The number of urea groups is 1. The molecular formula is C19H14BrN3O5. The second-order valence-corrected chi connectivity index (χ2v) is 7.45. The minimum absolute atomic E-state index is 0.0280. The van der Waals surface area contributed by atoms with E-state index in [1.807, 2.05) is 0 Å². The van der Waals surface area contributed by atoms with E-state index in [2.05, 4.69) is 15.9 Å². The largest absolute Gasteiger partial charge is 0.359 e. The second-order valence-electron chi connectivity index (χ2n) is 6.53. The number of carbonyl (C=O) groups is 4. The maximum absolute atomic E-state index is 12.9. The minimum Gasteiger partial charge on any atom is -0.359 e. The molecule has 5 amide bonds. The van der Waals surface area contributed by atoms with Crippen LogP contribution in [0.4, 0.5) is 10.5 Å². The van der Waals surface area contributed by atoms with Gasteiger partial charge in [0.25, 0.3) is 23.4 Å². The van der Waals surface area contributed by atoms with Crippen molar-refractivity contribution >= 4 is 45.4 Å². The molecule has 0 radical (unpaired) electrons. The average Bonchev–Trinajstić information content (AvgIpc) is 3.03. The average molecular weight is 444 g/mol. The van der Waals surface area contributed by atoms with Gasteiger partial charge in [-0.2, -0.15) is 0 Å². The summed E-state index contributed by atoms with van der Waals surface area (Å²) in [7, 11) is 2.52. The van der Waals surface area contributed by atoms with Crippen LogP contribution < -0.4 is 4.90 Å². The number of hydrogen-bond donors (Lipinski definition) is 1. The quantitative estimate of drug-likeness (QED) is 0.564. The molecule has 0 saturated carbocycles. The Bertz CT molecular complexity index is 1050. The number of halogens is 1. The molecule has 2 aliphatic heterocycles. The van der Waals surface area contributed by atoms with Crippen molar-refractivity contribution in [2.24, 2.45) is 0 Å². The summed E-state index contributed by atoms with van der Waals surface area (Å²) in [6.45, 7) is 0. The molecule has 142 valence electrons. The Kier molecular flexibility index (Phi) is 3.91. The number of imide groups is 2.